The van der Waals surface area contributed by atoms with Gasteiger partial charge in [-0.25, -0.2) is 0 Å². The van der Waals surface area contributed by atoms with Crippen molar-refractivity contribution < 1.29 is 19.4 Å². The molecule has 0 saturated carbocycles. The fourth-order valence-corrected chi connectivity index (χ4v) is 3.20. The highest BCUT2D eigenvalue weighted by Gasteiger charge is 2.14. The molecule has 0 unspecified atom stereocenters. The van der Waals surface area contributed by atoms with Gasteiger partial charge in [0.15, 0.2) is 18.8 Å². The predicted octanol–water partition coefficient (Wildman–Crippen LogP) is 4.37. The molecule has 0 fully saturated rings. The molecule has 31 heavy (non-hydrogen) atoms. The van der Waals surface area contributed by atoms with Gasteiger partial charge in [-0.05, 0) is 47.9 Å². The third kappa shape index (κ3) is 4.30. The van der Waals surface area contributed by atoms with Crippen LogP contribution in [0.1, 0.15) is 10.4 Å². The zero-order valence-corrected chi connectivity index (χ0v) is 17.1. The average Bonchev–Trinajstić information content (AvgIpc) is 2.80. The number of phenolic OH excluding ortho intramolecular Hbond substituents is 1. The molecule has 4 rings (SSSR count). The summed E-state index contributed by atoms with van der Waals surface area (Å²) in [5.74, 6) is 1.38. The van der Waals surface area contributed by atoms with Crippen molar-refractivity contribution in [1.82, 2.24) is 4.98 Å². The molecule has 6 nitrogen and oxygen atoms in total. The first-order valence-electron chi connectivity index (χ1n) is 9.72. The largest absolute Gasteiger partial charge is 0.504 e. The Morgan fingerprint density at radius 1 is 1.06 bits per heavy atom. The van der Waals surface area contributed by atoms with Crippen LogP contribution in [0.2, 0.25) is 6.82 Å². The normalized spacial score (nSPS) is 10.5. The van der Waals surface area contributed by atoms with Crippen LogP contribution in [-0.2, 0) is 0 Å². The summed E-state index contributed by atoms with van der Waals surface area (Å²) in [6, 6.07) is 19.4. The summed E-state index contributed by atoms with van der Waals surface area (Å²) in [5, 5.41) is 13.6. The van der Waals surface area contributed by atoms with E-state index < -0.39 is 0 Å². The van der Waals surface area contributed by atoms with E-state index in [1.807, 2.05) is 32.3 Å². The van der Waals surface area contributed by atoms with Crippen LogP contribution in [0.3, 0.4) is 0 Å². The minimum atomic E-state index is -0.177. The molecule has 1 radical (unpaired) electrons. The number of hydrogen-bond donors (Lipinski definition) is 2. The Bertz CT molecular complexity index is 1230. The number of aromatic nitrogens is 1. The number of phenols is 1. The lowest BCUT2D eigenvalue weighted by molar-refractivity contribution is 0.102. The van der Waals surface area contributed by atoms with Gasteiger partial charge in [-0.2, -0.15) is 0 Å². The number of amides is 1. The van der Waals surface area contributed by atoms with Crippen molar-refractivity contribution in [2.75, 3.05) is 12.4 Å². The van der Waals surface area contributed by atoms with Crippen LogP contribution in [0.5, 0.6) is 23.0 Å². The second-order valence-electron chi connectivity index (χ2n) is 6.82. The summed E-state index contributed by atoms with van der Waals surface area (Å²) in [5.41, 5.74) is 2.65. The van der Waals surface area contributed by atoms with Crippen molar-refractivity contribution in [3.8, 4) is 23.0 Å². The Balaban J connectivity index is 1.61. The first-order chi connectivity index (χ1) is 15.1. The molecular formula is C24H20BN2O4. The number of carbonyl (C=O) groups is 1. The third-order valence-electron chi connectivity index (χ3n) is 4.83. The summed E-state index contributed by atoms with van der Waals surface area (Å²) in [6.07, 6.45) is 1.69. The Labute approximate surface area is 180 Å². The van der Waals surface area contributed by atoms with Crippen LogP contribution < -0.4 is 20.3 Å². The van der Waals surface area contributed by atoms with Crippen LogP contribution in [-0.4, -0.2) is 30.4 Å². The molecule has 0 aliphatic rings. The molecule has 3 aromatic carbocycles. The van der Waals surface area contributed by atoms with Crippen molar-refractivity contribution in [2.45, 2.75) is 6.82 Å². The molecule has 2 N–H and O–H groups in total. The highest BCUT2D eigenvalue weighted by Crippen LogP contribution is 2.35. The third-order valence-corrected chi connectivity index (χ3v) is 4.83. The summed E-state index contributed by atoms with van der Waals surface area (Å²) in [6.45, 7) is 1.90. The molecule has 7 heteroatoms. The summed E-state index contributed by atoms with van der Waals surface area (Å²) < 4.78 is 11.4. The molecule has 1 aromatic heterocycles. The molecule has 1 heterocycles. The molecule has 0 aliphatic heterocycles. The minimum Gasteiger partial charge on any atom is -0.504 e. The molecule has 0 bridgehead atoms. The lowest BCUT2D eigenvalue weighted by Crippen LogP contribution is -2.15. The molecule has 0 saturated heterocycles. The summed E-state index contributed by atoms with van der Waals surface area (Å²) >= 11 is 0. The first kappa shape index (κ1) is 20.3. The molecule has 0 aliphatic carbocycles. The van der Waals surface area contributed by atoms with Crippen molar-refractivity contribution >= 4 is 35.2 Å². The van der Waals surface area contributed by atoms with E-state index in [9.17, 15) is 9.90 Å². The van der Waals surface area contributed by atoms with Gasteiger partial charge in [0.2, 0.25) is 0 Å². The van der Waals surface area contributed by atoms with Crippen molar-refractivity contribution in [3.05, 3.63) is 78.5 Å². The average molecular weight is 411 g/mol. The first-order valence-corrected chi connectivity index (χ1v) is 9.72. The predicted molar refractivity (Wildman–Crippen MR) is 122 cm³/mol. The van der Waals surface area contributed by atoms with Crippen molar-refractivity contribution in [1.29, 1.82) is 0 Å². The van der Waals surface area contributed by atoms with Gasteiger partial charge in [-0.15, -0.1) is 0 Å². The lowest BCUT2D eigenvalue weighted by atomic mass is 9.73. The van der Waals surface area contributed by atoms with E-state index in [2.05, 4.69) is 10.3 Å². The number of fused-ring (bicyclic) bond motifs is 1. The maximum Gasteiger partial charge on any atom is 0.255 e. The van der Waals surface area contributed by atoms with Gasteiger partial charge >= 0.3 is 0 Å². The number of ether oxygens (including phenoxy) is 2. The van der Waals surface area contributed by atoms with Crippen molar-refractivity contribution in [3.63, 3.8) is 0 Å². The van der Waals surface area contributed by atoms with E-state index in [0.717, 1.165) is 5.46 Å². The summed E-state index contributed by atoms with van der Waals surface area (Å²) in [4.78, 5) is 16.7. The summed E-state index contributed by atoms with van der Waals surface area (Å²) in [7, 11) is 3.39. The lowest BCUT2D eigenvalue weighted by Gasteiger charge is -2.15. The zero-order chi connectivity index (χ0) is 21.8. The fraction of sp³-hybridized carbons (Fsp3) is 0.0833. The highest BCUT2D eigenvalue weighted by molar-refractivity contribution is 6.53. The van der Waals surface area contributed by atoms with E-state index in [-0.39, 0.29) is 11.7 Å². The van der Waals surface area contributed by atoms with E-state index in [4.69, 9.17) is 9.47 Å². The van der Waals surface area contributed by atoms with E-state index in [0.29, 0.717) is 39.4 Å². The minimum absolute atomic E-state index is 0.0141. The topological polar surface area (TPSA) is 80.7 Å². The Hall–Kier alpha value is -4.00. The van der Waals surface area contributed by atoms with Gasteiger partial charge in [0, 0.05) is 28.9 Å². The molecular weight excluding hydrogens is 391 g/mol. The van der Waals surface area contributed by atoms with Crippen LogP contribution in [0.4, 0.5) is 5.69 Å². The van der Waals surface area contributed by atoms with Gasteiger partial charge in [-0.3, -0.25) is 9.78 Å². The number of nitrogens with zero attached hydrogens (tertiary/aromatic N) is 1. The highest BCUT2D eigenvalue weighted by atomic mass is 16.5. The van der Waals surface area contributed by atoms with E-state index in [1.165, 1.54) is 7.11 Å². The van der Waals surface area contributed by atoms with Crippen LogP contribution >= 0.6 is 0 Å². The fourth-order valence-electron chi connectivity index (χ4n) is 3.20. The number of rotatable bonds is 6. The molecule has 1 amide bonds. The number of methoxy groups -OCH3 is 1. The number of nitrogens with one attached hydrogen (secondary N) is 1. The van der Waals surface area contributed by atoms with Gasteiger partial charge in [0.1, 0.15) is 11.5 Å². The van der Waals surface area contributed by atoms with Crippen molar-refractivity contribution in [2.24, 2.45) is 0 Å². The SMILES string of the molecule is C[B]c1cnc2cc(O)c(OC)cc2c1Oc1ccc(NC(=O)c2ccccc2)cc1. The quantitative estimate of drug-likeness (QED) is 0.461. The number of carbonyl (C=O) groups excluding carboxylic acids is 1. The number of hydrogen-bond acceptors (Lipinski definition) is 5. The second-order valence-corrected chi connectivity index (χ2v) is 6.82. The second kappa shape index (κ2) is 8.79. The number of pyridine rings is 1. The van der Waals surface area contributed by atoms with Gasteiger partial charge in [0.25, 0.3) is 5.91 Å². The van der Waals surface area contributed by atoms with Gasteiger partial charge in [0.05, 0.1) is 12.6 Å². The molecule has 0 spiro atoms. The Morgan fingerprint density at radius 2 is 1.81 bits per heavy atom. The Morgan fingerprint density at radius 3 is 2.48 bits per heavy atom. The van der Waals surface area contributed by atoms with Crippen LogP contribution in [0, 0.1) is 0 Å². The number of benzene rings is 3. The molecule has 4 aromatic rings. The standard InChI is InChI=1S/C24H20BN2O4/c1-25-19-14-26-20-13-21(28)22(30-2)12-18(20)23(19)31-17-10-8-16(9-11-17)27-24(29)15-6-4-3-5-7-15/h3-14,28H,1-2H3,(H,27,29). The van der Waals surface area contributed by atoms with Crippen LogP contribution in [0.25, 0.3) is 10.9 Å². The monoisotopic (exact) mass is 411 g/mol. The Kier molecular flexibility index (Phi) is 5.75. The smallest absolute Gasteiger partial charge is 0.255 e. The number of aromatic hydroxyl groups is 1. The van der Waals surface area contributed by atoms with Gasteiger partial charge < -0.3 is 19.9 Å². The maximum absolute atomic E-state index is 12.3. The molecule has 0 atom stereocenters. The number of anilines is 1. The maximum atomic E-state index is 12.3. The van der Waals surface area contributed by atoms with E-state index in [1.54, 1.807) is 54.7 Å². The molecule has 153 valence electrons. The van der Waals surface area contributed by atoms with Crippen LogP contribution in [0.15, 0.2) is 72.9 Å². The van der Waals surface area contributed by atoms with Gasteiger partial charge in [-0.1, -0.05) is 25.0 Å². The van der Waals surface area contributed by atoms with E-state index >= 15 is 0 Å². The zero-order valence-electron chi connectivity index (χ0n) is 17.1.